The second kappa shape index (κ2) is 5.52. The normalized spacial score (nSPS) is 13.5. The summed E-state index contributed by atoms with van der Waals surface area (Å²) in [4.78, 5) is 0. The third-order valence-corrected chi connectivity index (χ3v) is 4.69. The summed E-state index contributed by atoms with van der Waals surface area (Å²) < 4.78 is 0. The molecule has 0 nitrogen and oxygen atoms in total. The molecule has 2 aromatic rings. The van der Waals surface area contributed by atoms with Gasteiger partial charge in [-0.1, -0.05) is 68.8 Å². The van der Waals surface area contributed by atoms with Gasteiger partial charge in [-0.05, 0) is 59.1 Å². The van der Waals surface area contributed by atoms with E-state index in [0.29, 0.717) is 5.92 Å². The van der Waals surface area contributed by atoms with E-state index >= 15 is 0 Å². The highest BCUT2D eigenvalue weighted by Gasteiger charge is 2.17. The molecule has 0 bridgehead atoms. The molecule has 108 valence electrons. The summed E-state index contributed by atoms with van der Waals surface area (Å²) >= 11 is 0. The quantitative estimate of drug-likeness (QED) is 0.632. The zero-order valence-electron chi connectivity index (χ0n) is 13.5. The van der Waals surface area contributed by atoms with Crippen molar-refractivity contribution in [2.45, 2.75) is 46.5 Å². The molecule has 0 radical (unpaired) electrons. The first-order valence-corrected chi connectivity index (χ1v) is 8.02. The zero-order valence-corrected chi connectivity index (χ0v) is 13.5. The van der Waals surface area contributed by atoms with Gasteiger partial charge in [0.15, 0.2) is 0 Å². The number of benzene rings is 2. The molecule has 1 aliphatic rings. The molecule has 0 atom stereocenters. The van der Waals surface area contributed by atoms with Gasteiger partial charge in [0.1, 0.15) is 0 Å². The SMILES string of the molecule is CCC1=Cc2c(-c3ccc(C(C)C)cc3)ccc(C)c2C1. The number of fused-ring (bicyclic) bond motifs is 1. The van der Waals surface area contributed by atoms with E-state index in [-0.39, 0.29) is 0 Å². The summed E-state index contributed by atoms with van der Waals surface area (Å²) in [5.41, 5.74) is 10.1. The Kier molecular flexibility index (Phi) is 3.71. The highest BCUT2D eigenvalue weighted by Crippen LogP contribution is 2.37. The van der Waals surface area contributed by atoms with Crippen LogP contribution in [0.1, 0.15) is 55.4 Å². The topological polar surface area (TPSA) is 0 Å². The molecule has 1 aliphatic carbocycles. The van der Waals surface area contributed by atoms with Gasteiger partial charge in [-0.25, -0.2) is 0 Å². The summed E-state index contributed by atoms with van der Waals surface area (Å²) in [5, 5.41) is 0. The Labute approximate surface area is 128 Å². The number of aryl methyl sites for hydroxylation is 1. The van der Waals surface area contributed by atoms with Crippen LogP contribution >= 0.6 is 0 Å². The van der Waals surface area contributed by atoms with Gasteiger partial charge in [0.25, 0.3) is 0 Å². The van der Waals surface area contributed by atoms with Crippen molar-refractivity contribution in [3.8, 4) is 11.1 Å². The van der Waals surface area contributed by atoms with Crippen LogP contribution in [-0.4, -0.2) is 0 Å². The van der Waals surface area contributed by atoms with Gasteiger partial charge in [0.2, 0.25) is 0 Å². The molecule has 0 aromatic heterocycles. The maximum atomic E-state index is 2.41. The highest BCUT2D eigenvalue weighted by atomic mass is 14.2. The van der Waals surface area contributed by atoms with Crippen molar-refractivity contribution in [1.82, 2.24) is 0 Å². The van der Waals surface area contributed by atoms with E-state index in [1.807, 2.05) is 0 Å². The van der Waals surface area contributed by atoms with Crippen LogP contribution < -0.4 is 0 Å². The van der Waals surface area contributed by atoms with Crippen LogP contribution in [-0.2, 0) is 6.42 Å². The van der Waals surface area contributed by atoms with Crippen molar-refractivity contribution in [2.75, 3.05) is 0 Å². The van der Waals surface area contributed by atoms with E-state index in [0.717, 1.165) is 12.8 Å². The standard InChI is InChI=1S/C21H24/c1-5-16-12-20-15(4)6-11-19(21(20)13-16)18-9-7-17(8-10-18)14(2)3/h6-11,13-14H,5,12H2,1-4H3. The van der Waals surface area contributed by atoms with E-state index in [2.05, 4.69) is 70.2 Å². The first-order valence-electron chi connectivity index (χ1n) is 8.02. The van der Waals surface area contributed by atoms with Crippen molar-refractivity contribution in [3.05, 3.63) is 64.2 Å². The van der Waals surface area contributed by atoms with Crippen molar-refractivity contribution < 1.29 is 0 Å². The first kappa shape index (κ1) is 14.1. The molecular weight excluding hydrogens is 252 g/mol. The molecule has 0 unspecified atom stereocenters. The Morgan fingerprint density at radius 3 is 2.33 bits per heavy atom. The largest absolute Gasteiger partial charge is 0.0654 e. The van der Waals surface area contributed by atoms with Crippen LogP contribution in [0.15, 0.2) is 42.0 Å². The monoisotopic (exact) mass is 276 g/mol. The predicted molar refractivity (Wildman–Crippen MR) is 92.7 cm³/mol. The average Bonchev–Trinajstić information content (AvgIpc) is 2.93. The van der Waals surface area contributed by atoms with Crippen molar-refractivity contribution in [3.63, 3.8) is 0 Å². The minimum Gasteiger partial charge on any atom is -0.0654 e. The lowest BCUT2D eigenvalue weighted by molar-refractivity contribution is 0.867. The van der Waals surface area contributed by atoms with Crippen LogP contribution in [0.3, 0.4) is 0 Å². The van der Waals surface area contributed by atoms with Crippen LogP contribution in [0.2, 0.25) is 0 Å². The highest BCUT2D eigenvalue weighted by molar-refractivity contribution is 5.81. The second-order valence-electron chi connectivity index (χ2n) is 6.43. The Morgan fingerprint density at radius 1 is 1.00 bits per heavy atom. The van der Waals surface area contributed by atoms with Gasteiger partial charge in [-0.3, -0.25) is 0 Å². The number of allylic oxidation sites excluding steroid dienone is 1. The third-order valence-electron chi connectivity index (χ3n) is 4.69. The molecule has 21 heavy (non-hydrogen) atoms. The lowest BCUT2D eigenvalue weighted by Gasteiger charge is -2.12. The number of rotatable bonds is 3. The average molecular weight is 276 g/mol. The molecule has 0 saturated heterocycles. The van der Waals surface area contributed by atoms with Crippen molar-refractivity contribution in [1.29, 1.82) is 0 Å². The molecule has 0 N–H and O–H groups in total. The van der Waals surface area contributed by atoms with Gasteiger partial charge in [0.05, 0.1) is 0 Å². The molecule has 0 saturated carbocycles. The van der Waals surface area contributed by atoms with Gasteiger partial charge in [-0.15, -0.1) is 0 Å². The predicted octanol–water partition coefficient (Wildman–Crippen LogP) is 6.13. The molecule has 0 heterocycles. The minimum atomic E-state index is 0.592. The molecule has 2 aromatic carbocycles. The Hall–Kier alpha value is -1.82. The van der Waals surface area contributed by atoms with E-state index in [9.17, 15) is 0 Å². The van der Waals surface area contributed by atoms with Gasteiger partial charge >= 0.3 is 0 Å². The molecule has 0 spiro atoms. The van der Waals surface area contributed by atoms with E-state index in [1.54, 1.807) is 5.57 Å². The fraction of sp³-hybridized carbons (Fsp3) is 0.333. The van der Waals surface area contributed by atoms with E-state index < -0.39 is 0 Å². The molecule has 0 heteroatoms. The summed E-state index contributed by atoms with van der Waals surface area (Å²) in [6.07, 6.45) is 4.70. The zero-order chi connectivity index (χ0) is 15.0. The van der Waals surface area contributed by atoms with E-state index in [1.165, 1.54) is 33.4 Å². The molecular formula is C21H24. The fourth-order valence-electron chi connectivity index (χ4n) is 3.18. The number of hydrogen-bond donors (Lipinski definition) is 0. The van der Waals surface area contributed by atoms with E-state index in [4.69, 9.17) is 0 Å². The Morgan fingerprint density at radius 2 is 1.71 bits per heavy atom. The lowest BCUT2D eigenvalue weighted by Crippen LogP contribution is -1.93. The van der Waals surface area contributed by atoms with Crippen molar-refractivity contribution in [2.24, 2.45) is 0 Å². The third kappa shape index (κ3) is 2.55. The van der Waals surface area contributed by atoms with Crippen LogP contribution in [0.5, 0.6) is 0 Å². The lowest BCUT2D eigenvalue weighted by atomic mass is 9.92. The van der Waals surface area contributed by atoms with Crippen LogP contribution in [0.25, 0.3) is 17.2 Å². The molecule has 3 rings (SSSR count). The van der Waals surface area contributed by atoms with Crippen molar-refractivity contribution >= 4 is 6.08 Å². The van der Waals surface area contributed by atoms with Gasteiger partial charge < -0.3 is 0 Å². The minimum absolute atomic E-state index is 0.592. The molecule has 0 aliphatic heterocycles. The van der Waals surface area contributed by atoms with Gasteiger partial charge in [0, 0.05) is 0 Å². The van der Waals surface area contributed by atoms with Crippen LogP contribution in [0, 0.1) is 6.92 Å². The summed E-state index contributed by atoms with van der Waals surface area (Å²) in [7, 11) is 0. The fourth-order valence-corrected chi connectivity index (χ4v) is 3.18. The van der Waals surface area contributed by atoms with Gasteiger partial charge in [-0.2, -0.15) is 0 Å². The summed E-state index contributed by atoms with van der Waals surface area (Å²) in [5.74, 6) is 0.592. The summed E-state index contributed by atoms with van der Waals surface area (Å²) in [6.45, 7) is 8.98. The van der Waals surface area contributed by atoms with Crippen LogP contribution in [0.4, 0.5) is 0 Å². The maximum absolute atomic E-state index is 2.41. The molecule has 0 fully saturated rings. The second-order valence-corrected chi connectivity index (χ2v) is 6.43. The maximum Gasteiger partial charge on any atom is -0.00551 e. The Bertz CT molecular complexity index is 685. The summed E-state index contributed by atoms with van der Waals surface area (Å²) in [6, 6.07) is 13.7. The Balaban J connectivity index is 2.08. The smallest absolute Gasteiger partial charge is 0.00551 e. The molecule has 0 amide bonds. The first-order chi connectivity index (χ1) is 10.1. The number of hydrogen-bond acceptors (Lipinski definition) is 0.